The maximum absolute atomic E-state index is 9.81. The number of ether oxygens (including phenoxy) is 1. The molecule has 0 saturated carbocycles. The Morgan fingerprint density at radius 3 is 2.67 bits per heavy atom. The third-order valence-corrected chi connectivity index (χ3v) is 9.64. The molecule has 0 aromatic carbocycles. The molecule has 0 N–H and O–H groups in total. The van der Waals surface area contributed by atoms with Crippen LogP contribution in [0.3, 0.4) is 0 Å². The van der Waals surface area contributed by atoms with E-state index in [1.807, 2.05) is 16.8 Å². The number of pyridine rings is 2. The third kappa shape index (κ3) is 4.79. The maximum Gasteiger partial charge on any atom is 0.208 e. The normalized spacial score (nSPS) is 26.0. The number of dihydropyridines is 1. The van der Waals surface area contributed by atoms with Gasteiger partial charge in [0.05, 0.1) is 30.4 Å². The lowest BCUT2D eigenvalue weighted by molar-refractivity contribution is -0.0109. The molecule has 9 nitrogen and oxygen atoms in total. The minimum atomic E-state index is 0.235. The first-order valence-corrected chi connectivity index (χ1v) is 15.1. The highest BCUT2D eigenvalue weighted by atomic mass is 16.5. The summed E-state index contributed by atoms with van der Waals surface area (Å²) < 4.78 is 7.17. The zero-order chi connectivity index (χ0) is 28.8. The SMILES string of the molecule is CCN1CC=C(c2cc(-c3ccc(N4CC5CC(C4)N5CC4C=CC(OC)=NC4C)nc3)c3c(C#N)cnn3c2)CC1. The Morgan fingerprint density at radius 2 is 2.00 bits per heavy atom. The number of fused-ring (bicyclic) bond motifs is 3. The van der Waals surface area contributed by atoms with Gasteiger partial charge in [-0.15, -0.1) is 0 Å². The van der Waals surface area contributed by atoms with E-state index < -0.39 is 0 Å². The van der Waals surface area contributed by atoms with Crippen molar-refractivity contribution in [3.8, 4) is 17.2 Å². The van der Waals surface area contributed by atoms with Crippen LogP contribution in [0.4, 0.5) is 5.82 Å². The molecule has 3 aromatic rings. The van der Waals surface area contributed by atoms with E-state index in [-0.39, 0.29) is 6.04 Å². The summed E-state index contributed by atoms with van der Waals surface area (Å²) in [6.07, 6.45) is 14.6. The predicted molar refractivity (Wildman–Crippen MR) is 165 cm³/mol. The summed E-state index contributed by atoms with van der Waals surface area (Å²) in [4.78, 5) is 17.2. The van der Waals surface area contributed by atoms with Crippen LogP contribution >= 0.6 is 0 Å². The molecule has 3 saturated heterocycles. The Labute approximate surface area is 247 Å². The van der Waals surface area contributed by atoms with E-state index in [0.29, 0.717) is 23.6 Å². The van der Waals surface area contributed by atoms with Crippen LogP contribution in [0.1, 0.15) is 37.8 Å². The van der Waals surface area contributed by atoms with Crippen LogP contribution in [-0.4, -0.2) is 94.8 Å². The molecular weight excluding hydrogens is 524 g/mol. The number of methoxy groups -OCH3 is 1. The van der Waals surface area contributed by atoms with Crippen molar-refractivity contribution in [3.63, 3.8) is 0 Å². The summed E-state index contributed by atoms with van der Waals surface area (Å²) in [5.74, 6) is 2.16. The summed E-state index contributed by atoms with van der Waals surface area (Å²) in [6.45, 7) is 10.5. The van der Waals surface area contributed by atoms with Gasteiger partial charge in [-0.25, -0.2) is 14.5 Å². The van der Waals surface area contributed by atoms with Crippen molar-refractivity contribution in [3.05, 3.63) is 66.1 Å². The van der Waals surface area contributed by atoms with Crippen LogP contribution in [0.5, 0.6) is 0 Å². The fourth-order valence-electron chi connectivity index (χ4n) is 7.05. The van der Waals surface area contributed by atoms with Gasteiger partial charge in [0.15, 0.2) is 0 Å². The molecule has 2 bridgehead atoms. The monoisotopic (exact) mass is 562 g/mol. The van der Waals surface area contributed by atoms with E-state index >= 15 is 0 Å². The van der Waals surface area contributed by atoms with Gasteiger partial charge in [0.25, 0.3) is 0 Å². The van der Waals surface area contributed by atoms with E-state index in [1.54, 1.807) is 13.3 Å². The van der Waals surface area contributed by atoms with Crippen LogP contribution < -0.4 is 4.90 Å². The molecule has 8 heterocycles. The van der Waals surface area contributed by atoms with Crippen molar-refractivity contribution in [2.45, 2.75) is 44.8 Å². The second-order valence-electron chi connectivity index (χ2n) is 12.0. The quantitative estimate of drug-likeness (QED) is 0.444. The number of aromatic nitrogens is 3. The number of hydrogen-bond acceptors (Lipinski definition) is 8. The van der Waals surface area contributed by atoms with Crippen molar-refractivity contribution >= 4 is 22.8 Å². The molecular formula is C33H38N8O. The van der Waals surface area contributed by atoms with E-state index in [2.05, 4.69) is 81.3 Å². The first-order chi connectivity index (χ1) is 20.5. The molecule has 0 radical (unpaired) electrons. The molecule has 4 unspecified atom stereocenters. The highest BCUT2D eigenvalue weighted by molar-refractivity contribution is 5.88. The summed E-state index contributed by atoms with van der Waals surface area (Å²) in [7, 11) is 1.68. The zero-order valence-corrected chi connectivity index (χ0v) is 24.6. The summed E-state index contributed by atoms with van der Waals surface area (Å²) in [5.41, 5.74) is 5.92. The van der Waals surface area contributed by atoms with Crippen LogP contribution in [-0.2, 0) is 4.74 Å². The number of nitriles is 1. The van der Waals surface area contributed by atoms with Crippen LogP contribution in [0.15, 0.2) is 60.0 Å². The zero-order valence-electron chi connectivity index (χ0n) is 24.6. The second kappa shape index (κ2) is 11.0. The first-order valence-electron chi connectivity index (χ1n) is 15.1. The van der Waals surface area contributed by atoms with Gasteiger partial charge in [-0.05, 0) is 61.7 Å². The lowest BCUT2D eigenvalue weighted by Crippen LogP contribution is -2.69. The van der Waals surface area contributed by atoms with Gasteiger partial charge in [0.1, 0.15) is 11.9 Å². The largest absolute Gasteiger partial charge is 0.481 e. The van der Waals surface area contributed by atoms with E-state index in [9.17, 15) is 5.26 Å². The van der Waals surface area contributed by atoms with Crippen LogP contribution in [0.2, 0.25) is 0 Å². The Bertz CT molecular complexity index is 1600. The van der Waals surface area contributed by atoms with Crippen molar-refractivity contribution in [1.29, 1.82) is 5.26 Å². The standard InChI is InChI=1S/C33H38N8O/c1-4-38-11-9-23(10-12-38)26-13-30(33-27(15-34)17-36-41(33)19-26)24-5-7-31(35-16-24)39-20-28-14-29(21-39)40(28)18-25-6-8-32(42-3)37-22(25)2/h5-9,13,16-17,19,22,25,28-29H,4,10-12,14,18,20-21H2,1-3H3. The minimum Gasteiger partial charge on any atom is -0.481 e. The van der Waals surface area contributed by atoms with E-state index in [4.69, 9.17) is 9.72 Å². The lowest BCUT2D eigenvalue weighted by Gasteiger charge is -2.57. The number of piperidine rings is 1. The number of rotatable bonds is 6. The van der Waals surface area contributed by atoms with Crippen LogP contribution in [0, 0.1) is 17.2 Å². The Balaban J connectivity index is 1.09. The molecule has 0 amide bonds. The fourth-order valence-corrected chi connectivity index (χ4v) is 7.05. The average molecular weight is 563 g/mol. The summed E-state index contributed by atoms with van der Waals surface area (Å²) >= 11 is 0. The fraction of sp³-hybridized carbons (Fsp3) is 0.455. The number of aliphatic imine (C=N–C) groups is 1. The van der Waals surface area contributed by atoms with Crippen molar-refractivity contribution in [2.75, 3.05) is 51.3 Å². The van der Waals surface area contributed by atoms with Gasteiger partial charge in [-0.3, -0.25) is 9.80 Å². The predicted octanol–water partition coefficient (Wildman–Crippen LogP) is 4.26. The second-order valence-corrected chi connectivity index (χ2v) is 12.0. The molecule has 5 aliphatic rings. The van der Waals surface area contributed by atoms with Gasteiger partial charge >= 0.3 is 0 Å². The molecule has 8 rings (SSSR count). The highest BCUT2D eigenvalue weighted by Gasteiger charge is 2.45. The Morgan fingerprint density at radius 1 is 1.14 bits per heavy atom. The molecule has 0 aliphatic carbocycles. The molecule has 4 atom stereocenters. The van der Waals surface area contributed by atoms with Crippen molar-refractivity contribution in [2.24, 2.45) is 10.9 Å². The molecule has 42 heavy (non-hydrogen) atoms. The smallest absolute Gasteiger partial charge is 0.208 e. The Hall–Kier alpha value is -4.00. The number of anilines is 1. The third-order valence-electron chi connectivity index (χ3n) is 9.64. The van der Waals surface area contributed by atoms with Gasteiger partial charge in [-0.1, -0.05) is 19.1 Å². The average Bonchev–Trinajstić information content (AvgIpc) is 3.47. The minimum absolute atomic E-state index is 0.235. The van der Waals surface area contributed by atoms with Gasteiger partial charge in [0, 0.05) is 74.2 Å². The molecule has 5 aliphatic heterocycles. The molecule has 9 heteroatoms. The number of piperazine rings is 1. The van der Waals surface area contributed by atoms with Gasteiger partial charge < -0.3 is 9.64 Å². The maximum atomic E-state index is 9.81. The van der Waals surface area contributed by atoms with E-state index in [1.165, 1.54) is 12.0 Å². The molecule has 3 aromatic heterocycles. The summed E-state index contributed by atoms with van der Waals surface area (Å²) in [6, 6.07) is 10.2. The topological polar surface area (TPSA) is 85.3 Å². The lowest BCUT2D eigenvalue weighted by atomic mass is 9.84. The molecule has 3 fully saturated rings. The van der Waals surface area contributed by atoms with Crippen LogP contribution in [0.25, 0.3) is 22.2 Å². The van der Waals surface area contributed by atoms with Gasteiger partial charge in [0.2, 0.25) is 5.90 Å². The number of nitrogens with zero attached hydrogens (tertiary/aromatic N) is 8. The molecule has 216 valence electrons. The molecule has 0 spiro atoms. The summed E-state index contributed by atoms with van der Waals surface area (Å²) in [5, 5.41) is 14.3. The van der Waals surface area contributed by atoms with Crippen molar-refractivity contribution < 1.29 is 4.74 Å². The number of hydrogen-bond donors (Lipinski definition) is 0. The number of likely N-dealkylation sites (N-methyl/N-ethyl adjacent to an activating group) is 1. The van der Waals surface area contributed by atoms with E-state index in [0.717, 1.165) is 79.6 Å². The van der Waals surface area contributed by atoms with Crippen molar-refractivity contribution in [1.82, 2.24) is 24.4 Å². The van der Waals surface area contributed by atoms with Gasteiger partial charge in [-0.2, -0.15) is 10.4 Å². The first kappa shape index (κ1) is 26.9. The highest BCUT2D eigenvalue weighted by Crippen LogP contribution is 2.37. The Kier molecular flexibility index (Phi) is 7.04.